The zero-order valence-corrected chi connectivity index (χ0v) is 20.9. The summed E-state index contributed by atoms with van der Waals surface area (Å²) >= 11 is 0. The first-order chi connectivity index (χ1) is 17.3. The van der Waals surface area contributed by atoms with Crippen LogP contribution in [0.2, 0.25) is 0 Å². The van der Waals surface area contributed by atoms with Crippen LogP contribution in [-0.2, 0) is 19.2 Å². The Morgan fingerprint density at radius 3 is 1.53 bits per heavy atom. The number of benzene rings is 2. The van der Waals surface area contributed by atoms with Gasteiger partial charge in [0.1, 0.15) is 6.29 Å². The predicted octanol–water partition coefficient (Wildman–Crippen LogP) is 5.93. The number of nitrogens with one attached hydrogen (secondary N) is 1. The van der Waals surface area contributed by atoms with E-state index >= 15 is 0 Å². The molecule has 8 heteroatoms. The summed E-state index contributed by atoms with van der Waals surface area (Å²) in [5, 5.41) is 19.5. The van der Waals surface area contributed by atoms with E-state index in [1.54, 1.807) is 0 Å². The Hall–Kier alpha value is -3.68. The molecule has 0 spiro atoms. The van der Waals surface area contributed by atoms with E-state index in [0.29, 0.717) is 19.3 Å². The number of hydrogen-bond acceptors (Lipinski definition) is 5. The lowest BCUT2D eigenvalue weighted by Gasteiger charge is -2.04. The van der Waals surface area contributed by atoms with Gasteiger partial charge in [0.05, 0.1) is 0 Å². The van der Waals surface area contributed by atoms with Crippen molar-refractivity contribution in [3.8, 4) is 0 Å². The number of nitrogen functional groups attached to an aromatic ring is 1. The van der Waals surface area contributed by atoms with E-state index < -0.39 is 11.9 Å². The minimum absolute atomic E-state index is 0.0134. The van der Waals surface area contributed by atoms with Gasteiger partial charge in [0.25, 0.3) is 0 Å². The Morgan fingerprint density at radius 2 is 1.11 bits per heavy atom. The molecule has 1 amide bonds. The maximum Gasteiger partial charge on any atom is 0.303 e. The van der Waals surface area contributed by atoms with Crippen molar-refractivity contribution in [1.29, 1.82) is 0 Å². The Bertz CT molecular complexity index is 844. The zero-order chi connectivity index (χ0) is 26.9. The Kier molecular flexibility index (Phi) is 20.7. The van der Waals surface area contributed by atoms with Crippen LogP contribution in [-0.4, -0.2) is 34.3 Å². The average Bonchev–Trinajstić information content (AvgIpc) is 2.85. The Balaban J connectivity index is 0.000000574. The van der Waals surface area contributed by atoms with E-state index in [0.717, 1.165) is 62.6 Å². The summed E-state index contributed by atoms with van der Waals surface area (Å²) in [6, 6.07) is 18.8. The van der Waals surface area contributed by atoms with Gasteiger partial charge in [-0.3, -0.25) is 14.4 Å². The molecule has 0 fully saturated rings. The molecular weight excluding hydrogens is 460 g/mol. The smallest absolute Gasteiger partial charge is 0.303 e. The number of anilines is 2. The SMILES string of the molecule is Nc1ccccc1.O=C(O)CCCCCCC(=O)Nc1ccccc1.O=CCCCCCCC(=O)O. The van der Waals surface area contributed by atoms with Gasteiger partial charge in [-0.2, -0.15) is 0 Å². The van der Waals surface area contributed by atoms with Crippen molar-refractivity contribution in [2.24, 2.45) is 0 Å². The fourth-order valence-electron chi connectivity index (χ4n) is 2.97. The summed E-state index contributed by atoms with van der Waals surface area (Å²) < 4.78 is 0. The summed E-state index contributed by atoms with van der Waals surface area (Å²) in [4.78, 5) is 41.7. The largest absolute Gasteiger partial charge is 0.481 e. The van der Waals surface area contributed by atoms with E-state index in [-0.39, 0.29) is 18.7 Å². The number of carboxylic acids is 2. The van der Waals surface area contributed by atoms with Crippen molar-refractivity contribution in [2.75, 3.05) is 11.1 Å². The van der Waals surface area contributed by atoms with Crippen molar-refractivity contribution in [1.82, 2.24) is 0 Å². The minimum atomic E-state index is -0.753. The zero-order valence-electron chi connectivity index (χ0n) is 20.9. The molecule has 0 radical (unpaired) electrons. The van der Waals surface area contributed by atoms with Crippen LogP contribution >= 0.6 is 0 Å². The Labute approximate surface area is 213 Å². The third-order valence-electron chi connectivity index (χ3n) is 4.86. The van der Waals surface area contributed by atoms with Crippen LogP contribution in [0.4, 0.5) is 11.4 Å². The number of nitrogens with two attached hydrogens (primary N) is 1. The topological polar surface area (TPSA) is 147 Å². The van der Waals surface area contributed by atoms with Gasteiger partial charge in [0, 0.05) is 37.1 Å². The van der Waals surface area contributed by atoms with Crippen LogP contribution < -0.4 is 11.1 Å². The van der Waals surface area contributed by atoms with Gasteiger partial charge in [-0.25, -0.2) is 0 Å². The number of amides is 1. The van der Waals surface area contributed by atoms with Crippen molar-refractivity contribution in [3.05, 3.63) is 60.7 Å². The van der Waals surface area contributed by atoms with Gasteiger partial charge in [-0.1, -0.05) is 62.1 Å². The number of para-hydroxylation sites is 2. The number of aliphatic carboxylic acids is 2. The fraction of sp³-hybridized carbons (Fsp3) is 0.429. The van der Waals surface area contributed by atoms with Gasteiger partial charge in [0.2, 0.25) is 5.91 Å². The molecule has 0 aliphatic rings. The van der Waals surface area contributed by atoms with E-state index in [1.807, 2.05) is 60.7 Å². The lowest BCUT2D eigenvalue weighted by molar-refractivity contribution is -0.138. The second-order valence-electron chi connectivity index (χ2n) is 8.15. The van der Waals surface area contributed by atoms with Gasteiger partial charge in [0.15, 0.2) is 0 Å². The molecule has 198 valence electrons. The third-order valence-corrected chi connectivity index (χ3v) is 4.86. The predicted molar refractivity (Wildman–Crippen MR) is 143 cm³/mol. The van der Waals surface area contributed by atoms with Crippen LogP contribution in [0.25, 0.3) is 0 Å². The van der Waals surface area contributed by atoms with E-state index in [4.69, 9.17) is 15.9 Å². The molecule has 0 aliphatic heterocycles. The van der Waals surface area contributed by atoms with Crippen LogP contribution in [0.3, 0.4) is 0 Å². The number of unbranched alkanes of at least 4 members (excludes halogenated alkanes) is 7. The van der Waals surface area contributed by atoms with E-state index in [1.165, 1.54) is 0 Å². The molecule has 0 saturated heterocycles. The number of carboxylic acid groups (broad SMARTS) is 2. The summed E-state index contributed by atoms with van der Waals surface area (Å²) in [5.41, 5.74) is 6.99. The molecule has 8 nitrogen and oxygen atoms in total. The molecule has 2 aromatic carbocycles. The van der Waals surface area contributed by atoms with Gasteiger partial charge >= 0.3 is 11.9 Å². The highest BCUT2D eigenvalue weighted by molar-refractivity contribution is 5.90. The molecular formula is C28H40N2O6. The second-order valence-corrected chi connectivity index (χ2v) is 8.15. The second kappa shape index (κ2) is 23.1. The molecule has 36 heavy (non-hydrogen) atoms. The first-order valence-electron chi connectivity index (χ1n) is 12.4. The molecule has 0 bridgehead atoms. The number of rotatable bonds is 15. The normalized spacial score (nSPS) is 9.56. The highest BCUT2D eigenvalue weighted by Gasteiger charge is 2.02. The highest BCUT2D eigenvalue weighted by atomic mass is 16.4. The quantitative estimate of drug-likeness (QED) is 0.135. The first-order valence-corrected chi connectivity index (χ1v) is 12.4. The van der Waals surface area contributed by atoms with Gasteiger partial charge in [-0.05, 0) is 49.9 Å². The number of carbonyl (C=O) groups is 4. The molecule has 2 rings (SSSR count). The maximum absolute atomic E-state index is 11.5. The average molecular weight is 501 g/mol. The lowest BCUT2D eigenvalue weighted by atomic mass is 10.1. The Morgan fingerprint density at radius 1 is 0.667 bits per heavy atom. The molecule has 0 atom stereocenters. The number of aldehydes is 1. The standard InChI is InChI=1S/C14H19NO3.C8H14O3.C6H7N/c16-13(15-12-8-4-3-5-9-12)10-6-1-2-7-11-14(17)18;9-7-5-3-1-2-4-6-8(10)11;7-6-4-2-1-3-5-6/h3-5,8-9H,1-2,6-7,10-11H2,(H,15,16)(H,17,18);7H,1-6H2,(H,10,11);1-5H,7H2. The van der Waals surface area contributed by atoms with Crippen LogP contribution in [0.1, 0.15) is 77.0 Å². The monoisotopic (exact) mass is 500 g/mol. The fourth-order valence-corrected chi connectivity index (χ4v) is 2.97. The van der Waals surface area contributed by atoms with Crippen molar-refractivity contribution in [3.63, 3.8) is 0 Å². The summed E-state index contributed by atoms with van der Waals surface area (Å²) in [6.45, 7) is 0. The van der Waals surface area contributed by atoms with Crippen molar-refractivity contribution in [2.45, 2.75) is 77.0 Å². The lowest BCUT2D eigenvalue weighted by Crippen LogP contribution is -2.10. The van der Waals surface area contributed by atoms with Gasteiger partial charge < -0.3 is 26.1 Å². The third kappa shape index (κ3) is 23.5. The molecule has 2 aromatic rings. The molecule has 0 aliphatic carbocycles. The highest BCUT2D eigenvalue weighted by Crippen LogP contribution is 2.09. The maximum atomic E-state index is 11.5. The molecule has 0 aromatic heterocycles. The first kappa shape index (κ1) is 32.3. The summed E-state index contributed by atoms with van der Waals surface area (Å²) in [6.07, 6.45) is 9.22. The molecule has 0 saturated carbocycles. The summed E-state index contributed by atoms with van der Waals surface area (Å²) in [5.74, 6) is -1.48. The van der Waals surface area contributed by atoms with Crippen LogP contribution in [0, 0.1) is 0 Å². The molecule has 0 unspecified atom stereocenters. The van der Waals surface area contributed by atoms with Crippen molar-refractivity contribution >= 4 is 35.5 Å². The molecule has 0 heterocycles. The van der Waals surface area contributed by atoms with E-state index in [2.05, 4.69) is 5.32 Å². The van der Waals surface area contributed by atoms with Crippen molar-refractivity contribution < 1.29 is 29.4 Å². The molecule has 5 N–H and O–H groups in total. The van der Waals surface area contributed by atoms with Crippen LogP contribution in [0.15, 0.2) is 60.7 Å². The number of carbonyl (C=O) groups excluding carboxylic acids is 2. The number of hydrogen-bond donors (Lipinski definition) is 4. The van der Waals surface area contributed by atoms with E-state index in [9.17, 15) is 19.2 Å². The van der Waals surface area contributed by atoms with Crippen LogP contribution in [0.5, 0.6) is 0 Å². The van der Waals surface area contributed by atoms with Gasteiger partial charge in [-0.15, -0.1) is 0 Å². The summed E-state index contributed by atoms with van der Waals surface area (Å²) in [7, 11) is 0. The minimum Gasteiger partial charge on any atom is -0.481 e.